The lowest BCUT2D eigenvalue weighted by Gasteiger charge is -2.20. The van der Waals surface area contributed by atoms with E-state index in [1.165, 1.54) is 12.3 Å². The molecule has 2 N–H and O–H groups in total. The minimum absolute atomic E-state index is 0.147. The zero-order chi connectivity index (χ0) is 18.2. The molecule has 0 saturated carbocycles. The normalized spacial score (nSPS) is 15.9. The van der Waals surface area contributed by atoms with Crippen LogP contribution in [0, 0.1) is 18.2 Å². The molecule has 132 valence electrons. The molecule has 1 aliphatic rings. The fraction of sp³-hybridized carbons (Fsp3) is 0.368. The summed E-state index contributed by atoms with van der Waals surface area (Å²) >= 11 is 0. The molecule has 0 saturated heterocycles. The SMILES string of the molecule is Cc1ccc(CNC(=O)c2coc3c2C(=O)NCC(C)(C)C3)cc1F. The van der Waals surface area contributed by atoms with Crippen molar-refractivity contribution in [2.45, 2.75) is 33.7 Å². The molecule has 3 rings (SSSR count). The lowest BCUT2D eigenvalue weighted by atomic mass is 9.88. The van der Waals surface area contributed by atoms with Crippen LogP contribution in [0.5, 0.6) is 0 Å². The average molecular weight is 344 g/mol. The molecule has 1 aromatic carbocycles. The van der Waals surface area contributed by atoms with Gasteiger partial charge in [-0.05, 0) is 29.5 Å². The molecule has 1 aromatic heterocycles. The van der Waals surface area contributed by atoms with Crippen molar-refractivity contribution in [1.82, 2.24) is 10.6 Å². The highest BCUT2D eigenvalue weighted by atomic mass is 19.1. The summed E-state index contributed by atoms with van der Waals surface area (Å²) < 4.78 is 19.1. The molecule has 1 aliphatic heterocycles. The molecule has 0 spiro atoms. The minimum Gasteiger partial charge on any atom is -0.468 e. The summed E-state index contributed by atoms with van der Waals surface area (Å²) in [6.45, 7) is 6.41. The Hall–Kier alpha value is -2.63. The Bertz CT molecular complexity index is 839. The van der Waals surface area contributed by atoms with Crippen LogP contribution < -0.4 is 10.6 Å². The van der Waals surface area contributed by atoms with Gasteiger partial charge in [0.25, 0.3) is 11.8 Å². The van der Waals surface area contributed by atoms with E-state index in [0.717, 1.165) is 0 Å². The highest BCUT2D eigenvalue weighted by molar-refractivity contribution is 6.08. The highest BCUT2D eigenvalue weighted by Gasteiger charge is 2.33. The van der Waals surface area contributed by atoms with E-state index in [1.54, 1.807) is 19.1 Å². The summed E-state index contributed by atoms with van der Waals surface area (Å²) in [5, 5.41) is 5.55. The first kappa shape index (κ1) is 17.2. The van der Waals surface area contributed by atoms with E-state index in [-0.39, 0.29) is 34.8 Å². The molecule has 6 heteroatoms. The van der Waals surface area contributed by atoms with Crippen molar-refractivity contribution in [3.05, 3.63) is 58.3 Å². The number of hydrogen-bond donors (Lipinski definition) is 2. The predicted molar refractivity (Wildman–Crippen MR) is 90.8 cm³/mol. The number of amides is 2. The van der Waals surface area contributed by atoms with E-state index >= 15 is 0 Å². The van der Waals surface area contributed by atoms with E-state index < -0.39 is 5.91 Å². The van der Waals surface area contributed by atoms with Crippen LogP contribution >= 0.6 is 0 Å². The van der Waals surface area contributed by atoms with Gasteiger partial charge in [-0.2, -0.15) is 0 Å². The summed E-state index contributed by atoms with van der Waals surface area (Å²) in [4.78, 5) is 24.8. The summed E-state index contributed by atoms with van der Waals surface area (Å²) in [7, 11) is 0. The van der Waals surface area contributed by atoms with Gasteiger partial charge in [0.05, 0.1) is 11.1 Å². The van der Waals surface area contributed by atoms with Gasteiger partial charge in [0, 0.05) is 19.5 Å². The average Bonchev–Trinajstić information content (AvgIpc) is 2.91. The molecule has 0 unspecified atom stereocenters. The van der Waals surface area contributed by atoms with Gasteiger partial charge in [0.1, 0.15) is 17.8 Å². The molecule has 0 fully saturated rings. The standard InChI is InChI=1S/C19H21FN2O3/c1-11-4-5-12(6-14(11)20)8-21-17(23)13-9-25-15-7-19(2,3)10-22-18(24)16(13)15/h4-6,9H,7-8,10H2,1-3H3,(H,21,23)(H,22,24). The van der Waals surface area contributed by atoms with Crippen LogP contribution in [0.2, 0.25) is 0 Å². The summed E-state index contributed by atoms with van der Waals surface area (Å²) in [5.41, 5.74) is 1.55. The molecular formula is C19H21FN2O3. The number of benzene rings is 1. The molecule has 2 heterocycles. The van der Waals surface area contributed by atoms with Gasteiger partial charge in [0.15, 0.2) is 0 Å². The molecule has 2 amide bonds. The number of furan rings is 1. The van der Waals surface area contributed by atoms with Crippen LogP contribution in [0.25, 0.3) is 0 Å². The molecule has 0 radical (unpaired) electrons. The topological polar surface area (TPSA) is 71.3 Å². The Balaban J connectivity index is 1.78. The third kappa shape index (κ3) is 3.57. The number of carbonyl (C=O) groups excluding carboxylic acids is 2. The molecule has 0 aliphatic carbocycles. The fourth-order valence-corrected chi connectivity index (χ4v) is 2.87. The second kappa shape index (κ2) is 6.35. The summed E-state index contributed by atoms with van der Waals surface area (Å²) in [6.07, 6.45) is 1.88. The van der Waals surface area contributed by atoms with E-state index in [2.05, 4.69) is 10.6 Å². The Kier molecular flexibility index (Phi) is 4.37. The van der Waals surface area contributed by atoms with Crippen molar-refractivity contribution >= 4 is 11.8 Å². The van der Waals surface area contributed by atoms with E-state index in [1.807, 2.05) is 13.8 Å². The number of carbonyl (C=O) groups is 2. The third-order valence-electron chi connectivity index (χ3n) is 4.39. The smallest absolute Gasteiger partial charge is 0.255 e. The largest absolute Gasteiger partial charge is 0.468 e. The van der Waals surface area contributed by atoms with E-state index in [0.29, 0.717) is 29.9 Å². The van der Waals surface area contributed by atoms with Gasteiger partial charge in [-0.3, -0.25) is 9.59 Å². The Morgan fingerprint density at radius 1 is 1.40 bits per heavy atom. The number of halogens is 1. The van der Waals surface area contributed by atoms with Crippen LogP contribution in [0.4, 0.5) is 4.39 Å². The number of hydrogen-bond acceptors (Lipinski definition) is 3. The number of fused-ring (bicyclic) bond motifs is 1. The Morgan fingerprint density at radius 2 is 2.16 bits per heavy atom. The molecule has 0 bridgehead atoms. The van der Waals surface area contributed by atoms with Gasteiger partial charge in [-0.1, -0.05) is 26.0 Å². The maximum absolute atomic E-state index is 13.6. The van der Waals surface area contributed by atoms with Crippen LogP contribution in [-0.4, -0.2) is 18.4 Å². The molecular weight excluding hydrogens is 323 g/mol. The first-order valence-electron chi connectivity index (χ1n) is 8.19. The number of aryl methyl sites for hydroxylation is 1. The van der Waals surface area contributed by atoms with Crippen LogP contribution in [0.3, 0.4) is 0 Å². The van der Waals surface area contributed by atoms with Crippen molar-refractivity contribution in [1.29, 1.82) is 0 Å². The van der Waals surface area contributed by atoms with Gasteiger partial charge in [-0.25, -0.2) is 4.39 Å². The van der Waals surface area contributed by atoms with E-state index in [9.17, 15) is 14.0 Å². The lowest BCUT2D eigenvalue weighted by Crippen LogP contribution is -2.32. The minimum atomic E-state index is -0.416. The molecule has 5 nitrogen and oxygen atoms in total. The molecule has 25 heavy (non-hydrogen) atoms. The maximum Gasteiger partial charge on any atom is 0.255 e. The zero-order valence-electron chi connectivity index (χ0n) is 14.5. The third-order valence-corrected chi connectivity index (χ3v) is 4.39. The predicted octanol–water partition coefficient (Wildman–Crippen LogP) is 2.97. The maximum atomic E-state index is 13.6. The van der Waals surface area contributed by atoms with Crippen LogP contribution in [0.15, 0.2) is 28.9 Å². The van der Waals surface area contributed by atoms with Crippen molar-refractivity contribution in [2.24, 2.45) is 5.41 Å². The highest BCUT2D eigenvalue weighted by Crippen LogP contribution is 2.29. The van der Waals surface area contributed by atoms with E-state index in [4.69, 9.17) is 4.42 Å². The monoisotopic (exact) mass is 344 g/mol. The lowest BCUT2D eigenvalue weighted by molar-refractivity contribution is 0.0915. The summed E-state index contributed by atoms with van der Waals surface area (Å²) in [6, 6.07) is 4.81. The van der Waals surface area contributed by atoms with Crippen LogP contribution in [-0.2, 0) is 13.0 Å². The summed E-state index contributed by atoms with van der Waals surface area (Å²) in [5.74, 6) is -0.515. The molecule has 2 aromatic rings. The zero-order valence-corrected chi connectivity index (χ0v) is 14.5. The first-order chi connectivity index (χ1) is 11.8. The van der Waals surface area contributed by atoms with Crippen molar-refractivity contribution < 1.29 is 18.4 Å². The Morgan fingerprint density at radius 3 is 2.88 bits per heavy atom. The second-order valence-corrected chi connectivity index (χ2v) is 7.24. The first-order valence-corrected chi connectivity index (χ1v) is 8.19. The quantitative estimate of drug-likeness (QED) is 0.899. The van der Waals surface area contributed by atoms with Crippen LogP contribution in [0.1, 0.15) is 51.5 Å². The van der Waals surface area contributed by atoms with Gasteiger partial charge < -0.3 is 15.1 Å². The van der Waals surface area contributed by atoms with Crippen molar-refractivity contribution in [2.75, 3.05) is 6.54 Å². The van der Waals surface area contributed by atoms with Gasteiger partial charge in [0.2, 0.25) is 0 Å². The molecule has 0 atom stereocenters. The Labute approximate surface area is 145 Å². The fourth-order valence-electron chi connectivity index (χ4n) is 2.87. The van der Waals surface area contributed by atoms with Gasteiger partial charge in [-0.15, -0.1) is 0 Å². The van der Waals surface area contributed by atoms with Gasteiger partial charge >= 0.3 is 0 Å². The number of rotatable bonds is 3. The van der Waals surface area contributed by atoms with Crippen molar-refractivity contribution in [3.8, 4) is 0 Å². The second-order valence-electron chi connectivity index (χ2n) is 7.24. The van der Waals surface area contributed by atoms with Crippen molar-refractivity contribution in [3.63, 3.8) is 0 Å². The number of nitrogens with one attached hydrogen (secondary N) is 2.